The molecule has 1 fully saturated rings. The summed E-state index contributed by atoms with van der Waals surface area (Å²) in [4.78, 5) is 36.9. The van der Waals surface area contributed by atoms with E-state index in [2.05, 4.69) is 59.8 Å². The number of aryl methyl sites for hydroxylation is 1. The molecule has 7 rings (SSSR count). The van der Waals surface area contributed by atoms with E-state index in [-0.39, 0.29) is 5.91 Å². The summed E-state index contributed by atoms with van der Waals surface area (Å²) in [5.74, 6) is 1.10. The van der Waals surface area contributed by atoms with Gasteiger partial charge in [-0.25, -0.2) is 9.97 Å². The molecule has 0 spiro atoms. The molecular formula is C29H27N9OS. The first kappa shape index (κ1) is 24.6. The molecule has 6 aromatic rings. The molecule has 6 aromatic heterocycles. The molecule has 1 aliphatic rings. The highest BCUT2D eigenvalue weighted by Gasteiger charge is 2.19. The van der Waals surface area contributed by atoms with E-state index in [1.807, 2.05) is 18.2 Å². The predicted molar refractivity (Wildman–Crippen MR) is 157 cm³/mol. The SMILES string of the molecule is Cc1ccc(-c2nccc3[nH]c(-c4[nH]nc5ncc(-c6cncc(NC(=O)CC7CCNCC7)c6)cc45)nc23)s1. The van der Waals surface area contributed by atoms with Gasteiger partial charge < -0.3 is 15.6 Å². The van der Waals surface area contributed by atoms with Crippen molar-refractivity contribution in [2.75, 3.05) is 18.4 Å². The molecular weight excluding hydrogens is 522 g/mol. The molecule has 11 heteroatoms. The molecule has 0 bridgehead atoms. The Bertz CT molecular complexity index is 1850. The molecule has 200 valence electrons. The van der Waals surface area contributed by atoms with Gasteiger partial charge in [0.1, 0.15) is 16.9 Å². The number of fused-ring (bicyclic) bond motifs is 2. The molecule has 0 radical (unpaired) electrons. The summed E-state index contributed by atoms with van der Waals surface area (Å²) in [7, 11) is 0. The third kappa shape index (κ3) is 4.74. The second-order valence-electron chi connectivity index (χ2n) is 10.2. The first-order valence-corrected chi connectivity index (χ1v) is 14.1. The number of pyridine rings is 3. The van der Waals surface area contributed by atoms with Crippen molar-refractivity contribution in [1.29, 1.82) is 0 Å². The number of hydrogen-bond acceptors (Lipinski definition) is 8. The topological polar surface area (TPSA) is 137 Å². The molecule has 0 atom stereocenters. The summed E-state index contributed by atoms with van der Waals surface area (Å²) in [6, 6.07) is 10.0. The minimum Gasteiger partial charge on any atom is -0.337 e. The van der Waals surface area contributed by atoms with Crippen molar-refractivity contribution in [2.24, 2.45) is 5.92 Å². The van der Waals surface area contributed by atoms with Gasteiger partial charge in [-0.2, -0.15) is 5.10 Å². The van der Waals surface area contributed by atoms with Crippen LogP contribution in [0.15, 0.2) is 55.1 Å². The molecule has 0 unspecified atom stereocenters. The number of aromatic nitrogens is 7. The van der Waals surface area contributed by atoms with Crippen molar-refractivity contribution < 1.29 is 4.79 Å². The van der Waals surface area contributed by atoms with Gasteiger partial charge in [0.05, 0.1) is 27.7 Å². The van der Waals surface area contributed by atoms with Crippen LogP contribution in [-0.2, 0) is 4.79 Å². The molecule has 7 heterocycles. The highest BCUT2D eigenvalue weighted by Crippen LogP contribution is 2.34. The van der Waals surface area contributed by atoms with E-state index >= 15 is 0 Å². The Balaban J connectivity index is 1.19. The number of amides is 1. The summed E-state index contributed by atoms with van der Waals surface area (Å²) >= 11 is 1.70. The van der Waals surface area contributed by atoms with Crippen molar-refractivity contribution in [3.63, 3.8) is 0 Å². The Labute approximate surface area is 233 Å². The highest BCUT2D eigenvalue weighted by molar-refractivity contribution is 7.15. The quantitative estimate of drug-likeness (QED) is 0.221. The zero-order valence-corrected chi connectivity index (χ0v) is 22.7. The first-order valence-electron chi connectivity index (χ1n) is 13.3. The first-order chi connectivity index (χ1) is 19.6. The lowest BCUT2D eigenvalue weighted by Crippen LogP contribution is -2.30. The number of carbonyl (C=O) groups is 1. The van der Waals surface area contributed by atoms with E-state index in [1.165, 1.54) is 4.88 Å². The maximum Gasteiger partial charge on any atom is 0.224 e. The number of anilines is 1. The molecule has 1 amide bonds. The number of rotatable bonds is 6. The molecule has 4 N–H and O–H groups in total. The van der Waals surface area contributed by atoms with Crippen LogP contribution in [0.4, 0.5) is 5.69 Å². The van der Waals surface area contributed by atoms with E-state index in [9.17, 15) is 4.79 Å². The smallest absolute Gasteiger partial charge is 0.224 e. The summed E-state index contributed by atoms with van der Waals surface area (Å²) in [6.07, 6.45) is 9.59. The fourth-order valence-electron chi connectivity index (χ4n) is 5.26. The van der Waals surface area contributed by atoms with Gasteiger partial charge >= 0.3 is 0 Å². The van der Waals surface area contributed by atoms with Crippen LogP contribution in [0.5, 0.6) is 0 Å². The van der Waals surface area contributed by atoms with Crippen molar-refractivity contribution in [2.45, 2.75) is 26.2 Å². The minimum atomic E-state index is 0.0213. The maximum atomic E-state index is 12.7. The molecule has 10 nitrogen and oxygen atoms in total. The third-order valence-electron chi connectivity index (χ3n) is 7.31. The normalized spacial score (nSPS) is 14.2. The van der Waals surface area contributed by atoms with Crippen LogP contribution < -0.4 is 10.6 Å². The lowest BCUT2D eigenvalue weighted by atomic mass is 9.94. The van der Waals surface area contributed by atoms with Gasteiger partial charge in [0.15, 0.2) is 11.5 Å². The number of nitrogens with one attached hydrogen (secondary N) is 4. The van der Waals surface area contributed by atoms with Crippen molar-refractivity contribution in [1.82, 2.24) is 40.4 Å². The average molecular weight is 550 g/mol. The van der Waals surface area contributed by atoms with E-state index in [0.29, 0.717) is 29.5 Å². The van der Waals surface area contributed by atoms with Crippen LogP contribution in [0, 0.1) is 12.8 Å². The number of imidazole rings is 1. The third-order valence-corrected chi connectivity index (χ3v) is 8.32. The zero-order chi connectivity index (χ0) is 27.1. The van der Waals surface area contributed by atoms with E-state index in [0.717, 1.165) is 69.7 Å². The fraction of sp³-hybridized carbons (Fsp3) is 0.241. The molecule has 40 heavy (non-hydrogen) atoms. The van der Waals surface area contributed by atoms with Gasteiger partial charge in [-0.1, -0.05) is 0 Å². The van der Waals surface area contributed by atoms with Crippen LogP contribution in [-0.4, -0.2) is 54.1 Å². The van der Waals surface area contributed by atoms with Gasteiger partial charge in [-0.3, -0.25) is 19.9 Å². The van der Waals surface area contributed by atoms with Gasteiger partial charge in [-0.05, 0) is 69.1 Å². The number of nitrogens with zero attached hydrogens (tertiary/aromatic N) is 5. The molecule has 1 saturated heterocycles. The number of carbonyl (C=O) groups excluding carboxylic acids is 1. The Morgan fingerprint density at radius 3 is 2.80 bits per heavy atom. The van der Waals surface area contributed by atoms with Gasteiger partial charge in [0.2, 0.25) is 5.91 Å². The van der Waals surface area contributed by atoms with Crippen molar-refractivity contribution in [3.8, 4) is 33.2 Å². The Morgan fingerprint density at radius 2 is 1.95 bits per heavy atom. The number of piperidine rings is 1. The number of hydrogen-bond donors (Lipinski definition) is 4. The summed E-state index contributed by atoms with van der Waals surface area (Å²) in [6.45, 7) is 4.03. The molecule has 1 aliphatic heterocycles. The monoisotopic (exact) mass is 549 g/mol. The lowest BCUT2D eigenvalue weighted by Gasteiger charge is -2.21. The highest BCUT2D eigenvalue weighted by atomic mass is 32.1. The maximum absolute atomic E-state index is 12.7. The zero-order valence-electron chi connectivity index (χ0n) is 21.9. The second-order valence-corrected chi connectivity index (χ2v) is 11.4. The molecule has 0 aromatic carbocycles. The Kier molecular flexibility index (Phi) is 6.29. The van der Waals surface area contributed by atoms with Gasteiger partial charge in [-0.15, -0.1) is 11.3 Å². The number of aromatic amines is 2. The Morgan fingerprint density at radius 1 is 1.07 bits per heavy atom. The van der Waals surface area contributed by atoms with Crippen molar-refractivity contribution in [3.05, 3.63) is 60.0 Å². The lowest BCUT2D eigenvalue weighted by molar-refractivity contribution is -0.117. The van der Waals surface area contributed by atoms with Crippen LogP contribution in [0.25, 0.3) is 55.3 Å². The minimum absolute atomic E-state index is 0.0213. The van der Waals surface area contributed by atoms with E-state index < -0.39 is 0 Å². The van der Waals surface area contributed by atoms with Crippen LogP contribution in [0.1, 0.15) is 24.1 Å². The number of thiophene rings is 1. The molecule has 0 saturated carbocycles. The van der Waals surface area contributed by atoms with E-state index in [4.69, 9.17) is 4.98 Å². The average Bonchev–Trinajstić information content (AvgIpc) is 3.71. The van der Waals surface area contributed by atoms with Gasteiger partial charge in [0, 0.05) is 41.0 Å². The summed E-state index contributed by atoms with van der Waals surface area (Å²) in [5.41, 5.74) is 6.28. The second kappa shape index (κ2) is 10.2. The summed E-state index contributed by atoms with van der Waals surface area (Å²) in [5, 5.41) is 14.7. The van der Waals surface area contributed by atoms with E-state index in [1.54, 1.807) is 36.1 Å². The van der Waals surface area contributed by atoms with Crippen LogP contribution in [0.3, 0.4) is 0 Å². The summed E-state index contributed by atoms with van der Waals surface area (Å²) < 4.78 is 0. The Hall–Kier alpha value is -4.48. The van der Waals surface area contributed by atoms with Gasteiger partial charge in [0.25, 0.3) is 0 Å². The largest absolute Gasteiger partial charge is 0.337 e. The fourth-order valence-corrected chi connectivity index (χ4v) is 6.13. The standard InChI is InChI=1S/C29H27N9OS/c1-16-2-3-23(40-16)27-26-22(6-9-32-27)35-29(36-26)25-21-12-19(14-33-28(21)38-37-25)18-11-20(15-31-13-18)34-24(39)10-17-4-7-30-8-5-17/h2-3,6,9,11-15,17,30H,4-5,7-8,10H2,1H3,(H,34,39)(H,35,36)(H,33,37,38). The van der Waals surface area contributed by atoms with Crippen LogP contribution >= 0.6 is 11.3 Å². The molecule has 0 aliphatic carbocycles. The number of H-pyrrole nitrogens is 2. The van der Waals surface area contributed by atoms with Crippen molar-refractivity contribution >= 4 is 45.0 Å². The predicted octanol–water partition coefficient (Wildman–Crippen LogP) is 5.32. The van der Waals surface area contributed by atoms with Crippen LogP contribution in [0.2, 0.25) is 0 Å².